The SMILES string of the molecule is CCNC(Cc1cc(C)nn1C)c1ccc(OC)c(C)c1. The molecular weight excluding hydrogens is 262 g/mol. The van der Waals surface area contributed by atoms with Crippen molar-refractivity contribution in [2.45, 2.75) is 33.2 Å². The number of hydrogen-bond donors (Lipinski definition) is 1. The molecule has 0 bridgehead atoms. The Kier molecular flexibility index (Phi) is 5.02. The first kappa shape index (κ1) is 15.6. The van der Waals surface area contributed by atoms with Crippen LogP contribution in [0.3, 0.4) is 0 Å². The number of aromatic nitrogens is 2. The topological polar surface area (TPSA) is 39.1 Å². The van der Waals surface area contributed by atoms with Crippen LogP contribution in [0.25, 0.3) is 0 Å². The molecule has 0 saturated heterocycles. The van der Waals surface area contributed by atoms with Gasteiger partial charge in [0.05, 0.1) is 12.8 Å². The van der Waals surface area contributed by atoms with Crippen molar-refractivity contribution in [2.24, 2.45) is 7.05 Å². The molecule has 0 amide bonds. The maximum atomic E-state index is 5.35. The third kappa shape index (κ3) is 3.64. The summed E-state index contributed by atoms with van der Waals surface area (Å²) in [5.74, 6) is 0.936. The highest BCUT2D eigenvalue weighted by atomic mass is 16.5. The monoisotopic (exact) mass is 287 g/mol. The van der Waals surface area contributed by atoms with Crippen LogP contribution < -0.4 is 10.1 Å². The van der Waals surface area contributed by atoms with Gasteiger partial charge in [0.15, 0.2) is 0 Å². The zero-order valence-corrected chi connectivity index (χ0v) is 13.6. The quantitative estimate of drug-likeness (QED) is 0.888. The van der Waals surface area contributed by atoms with E-state index in [1.54, 1.807) is 7.11 Å². The van der Waals surface area contributed by atoms with E-state index in [2.05, 4.69) is 42.5 Å². The molecule has 0 saturated carbocycles. The van der Waals surface area contributed by atoms with Crippen molar-refractivity contribution in [1.29, 1.82) is 0 Å². The largest absolute Gasteiger partial charge is 0.496 e. The van der Waals surface area contributed by atoms with Crippen molar-refractivity contribution < 1.29 is 4.74 Å². The Bertz CT molecular complexity index is 604. The first-order chi connectivity index (χ1) is 10.0. The lowest BCUT2D eigenvalue weighted by Crippen LogP contribution is -2.24. The number of rotatable bonds is 6. The van der Waals surface area contributed by atoms with Crippen LogP contribution in [0.4, 0.5) is 0 Å². The Morgan fingerprint density at radius 3 is 2.57 bits per heavy atom. The van der Waals surface area contributed by atoms with Crippen molar-refractivity contribution in [3.63, 3.8) is 0 Å². The smallest absolute Gasteiger partial charge is 0.121 e. The fourth-order valence-electron chi connectivity index (χ4n) is 2.74. The molecule has 0 aliphatic rings. The zero-order valence-electron chi connectivity index (χ0n) is 13.6. The molecule has 4 nitrogen and oxygen atoms in total. The van der Waals surface area contributed by atoms with Gasteiger partial charge in [-0.05, 0) is 43.7 Å². The number of nitrogens with one attached hydrogen (secondary N) is 1. The lowest BCUT2D eigenvalue weighted by Gasteiger charge is -2.19. The Labute approximate surface area is 127 Å². The average molecular weight is 287 g/mol. The molecule has 4 heteroatoms. The van der Waals surface area contributed by atoms with Gasteiger partial charge in [0.1, 0.15) is 5.75 Å². The average Bonchev–Trinajstić information content (AvgIpc) is 2.76. The number of benzene rings is 1. The molecule has 0 spiro atoms. The van der Waals surface area contributed by atoms with Gasteiger partial charge in [0.2, 0.25) is 0 Å². The molecule has 114 valence electrons. The van der Waals surface area contributed by atoms with E-state index >= 15 is 0 Å². The molecule has 0 fully saturated rings. The normalized spacial score (nSPS) is 12.4. The van der Waals surface area contributed by atoms with E-state index in [9.17, 15) is 0 Å². The predicted octanol–water partition coefficient (Wildman–Crippen LogP) is 2.94. The van der Waals surface area contributed by atoms with Crippen LogP contribution in [0.15, 0.2) is 24.3 Å². The van der Waals surface area contributed by atoms with Gasteiger partial charge >= 0.3 is 0 Å². The van der Waals surface area contributed by atoms with Gasteiger partial charge in [-0.2, -0.15) is 5.10 Å². The van der Waals surface area contributed by atoms with E-state index in [0.717, 1.165) is 24.4 Å². The lowest BCUT2D eigenvalue weighted by molar-refractivity contribution is 0.411. The summed E-state index contributed by atoms with van der Waals surface area (Å²) in [6.45, 7) is 7.19. The predicted molar refractivity (Wildman–Crippen MR) is 85.8 cm³/mol. The van der Waals surface area contributed by atoms with Crippen LogP contribution in [-0.2, 0) is 13.5 Å². The molecule has 1 aromatic carbocycles. The second kappa shape index (κ2) is 6.76. The molecule has 0 aliphatic carbocycles. The first-order valence-corrected chi connectivity index (χ1v) is 7.42. The van der Waals surface area contributed by atoms with Gasteiger partial charge in [-0.15, -0.1) is 0 Å². The van der Waals surface area contributed by atoms with Crippen LogP contribution in [0, 0.1) is 13.8 Å². The first-order valence-electron chi connectivity index (χ1n) is 7.42. The van der Waals surface area contributed by atoms with Crippen LogP contribution >= 0.6 is 0 Å². The summed E-state index contributed by atoms with van der Waals surface area (Å²) < 4.78 is 7.31. The van der Waals surface area contributed by atoms with Gasteiger partial charge in [-0.25, -0.2) is 0 Å². The molecule has 1 unspecified atom stereocenters. The molecule has 1 aromatic heterocycles. The fourth-order valence-corrected chi connectivity index (χ4v) is 2.74. The standard InChI is InChI=1S/C17H25N3O/c1-6-18-16(11-15-10-13(3)19-20(15)4)14-7-8-17(21-5)12(2)9-14/h7-10,16,18H,6,11H2,1-5H3. The van der Waals surface area contributed by atoms with Crippen LogP contribution in [0.1, 0.15) is 35.5 Å². The molecule has 0 aliphatic heterocycles. The van der Waals surface area contributed by atoms with E-state index in [1.807, 2.05) is 24.7 Å². The van der Waals surface area contributed by atoms with Crippen molar-refractivity contribution in [1.82, 2.24) is 15.1 Å². The minimum atomic E-state index is 0.286. The highest BCUT2D eigenvalue weighted by Gasteiger charge is 2.15. The van der Waals surface area contributed by atoms with Gasteiger partial charge < -0.3 is 10.1 Å². The Balaban J connectivity index is 2.26. The minimum Gasteiger partial charge on any atom is -0.496 e. The second-order valence-electron chi connectivity index (χ2n) is 5.44. The summed E-state index contributed by atoms with van der Waals surface area (Å²) in [7, 11) is 3.72. The van der Waals surface area contributed by atoms with Gasteiger partial charge in [0, 0.05) is 25.2 Å². The van der Waals surface area contributed by atoms with Crippen LogP contribution in [0.2, 0.25) is 0 Å². The molecule has 1 N–H and O–H groups in total. The summed E-state index contributed by atoms with van der Waals surface area (Å²) in [6.07, 6.45) is 0.928. The number of likely N-dealkylation sites (N-methyl/N-ethyl adjacent to an activating group) is 1. The number of methoxy groups -OCH3 is 1. The molecule has 2 rings (SSSR count). The summed E-state index contributed by atoms with van der Waals surface area (Å²) >= 11 is 0. The zero-order chi connectivity index (χ0) is 15.4. The van der Waals surface area contributed by atoms with Crippen LogP contribution in [0.5, 0.6) is 5.75 Å². The highest BCUT2D eigenvalue weighted by Crippen LogP contribution is 2.25. The minimum absolute atomic E-state index is 0.286. The summed E-state index contributed by atoms with van der Waals surface area (Å²) in [4.78, 5) is 0. The van der Waals surface area contributed by atoms with E-state index in [-0.39, 0.29) is 6.04 Å². The van der Waals surface area contributed by atoms with Crippen molar-refractivity contribution in [3.8, 4) is 5.75 Å². The van der Waals surface area contributed by atoms with Gasteiger partial charge in [0.25, 0.3) is 0 Å². The number of hydrogen-bond acceptors (Lipinski definition) is 3. The van der Waals surface area contributed by atoms with E-state index in [4.69, 9.17) is 4.74 Å². The molecule has 0 radical (unpaired) electrons. The van der Waals surface area contributed by atoms with Gasteiger partial charge in [-0.1, -0.05) is 19.1 Å². The Morgan fingerprint density at radius 1 is 1.29 bits per heavy atom. The summed E-state index contributed by atoms with van der Waals surface area (Å²) in [5, 5.41) is 8.00. The molecule has 21 heavy (non-hydrogen) atoms. The van der Waals surface area contributed by atoms with Gasteiger partial charge in [-0.3, -0.25) is 4.68 Å². The third-order valence-electron chi connectivity index (χ3n) is 3.78. The van der Waals surface area contributed by atoms with Crippen molar-refractivity contribution in [2.75, 3.05) is 13.7 Å². The van der Waals surface area contributed by atoms with Crippen molar-refractivity contribution in [3.05, 3.63) is 46.8 Å². The number of ether oxygens (including phenoxy) is 1. The summed E-state index contributed by atoms with van der Waals surface area (Å²) in [6, 6.07) is 8.83. The molecule has 1 atom stereocenters. The fraction of sp³-hybridized carbons (Fsp3) is 0.471. The Hall–Kier alpha value is -1.81. The third-order valence-corrected chi connectivity index (χ3v) is 3.78. The van der Waals surface area contributed by atoms with Crippen molar-refractivity contribution >= 4 is 0 Å². The molecule has 2 aromatic rings. The van der Waals surface area contributed by atoms with Crippen LogP contribution in [-0.4, -0.2) is 23.4 Å². The molecule has 1 heterocycles. The maximum Gasteiger partial charge on any atom is 0.121 e. The Morgan fingerprint density at radius 2 is 2.05 bits per heavy atom. The van der Waals surface area contributed by atoms with E-state index in [1.165, 1.54) is 16.8 Å². The maximum absolute atomic E-state index is 5.35. The number of nitrogens with zero attached hydrogens (tertiary/aromatic N) is 2. The summed E-state index contributed by atoms with van der Waals surface area (Å²) in [5.41, 5.74) is 4.76. The second-order valence-corrected chi connectivity index (χ2v) is 5.44. The lowest BCUT2D eigenvalue weighted by atomic mass is 9.99. The number of aryl methyl sites for hydroxylation is 3. The van der Waals surface area contributed by atoms with E-state index < -0.39 is 0 Å². The molecular formula is C17H25N3O. The van der Waals surface area contributed by atoms with E-state index in [0.29, 0.717) is 0 Å². The highest BCUT2D eigenvalue weighted by molar-refractivity contribution is 5.37.